The van der Waals surface area contributed by atoms with E-state index in [2.05, 4.69) is 15.6 Å². The number of thiophene rings is 1. The van der Waals surface area contributed by atoms with Gasteiger partial charge in [-0.2, -0.15) is 0 Å². The normalized spacial score (nSPS) is 23.0. The minimum Gasteiger partial charge on any atom is -0.481 e. The van der Waals surface area contributed by atoms with Crippen molar-refractivity contribution in [3.05, 3.63) is 50.9 Å². The Kier molecular flexibility index (Phi) is 5.95. The number of fused-ring (bicyclic) bond motifs is 3. The summed E-state index contributed by atoms with van der Waals surface area (Å²) in [6.45, 7) is 3.82. The number of carbonyl (C=O) groups excluding carboxylic acids is 1. The van der Waals surface area contributed by atoms with Gasteiger partial charge in [-0.15, -0.1) is 11.3 Å². The molecule has 1 saturated carbocycles. The van der Waals surface area contributed by atoms with Gasteiger partial charge in [-0.05, 0) is 74.8 Å². The Balaban J connectivity index is 1.34. The predicted octanol–water partition coefficient (Wildman–Crippen LogP) is 5.36. The lowest BCUT2D eigenvalue weighted by atomic mass is 9.71. The number of nitrogens with zero attached hydrogens (tertiary/aromatic N) is 3. The Bertz CT molecular complexity index is 1210. The molecule has 1 N–H and O–H groups in total. The molecule has 0 radical (unpaired) electrons. The topological polar surface area (TPSA) is 75.4 Å². The molecule has 1 amide bonds. The molecule has 1 aliphatic heterocycles. The van der Waals surface area contributed by atoms with Crippen molar-refractivity contribution in [3.8, 4) is 0 Å². The van der Waals surface area contributed by atoms with Crippen molar-refractivity contribution in [2.45, 2.75) is 58.5 Å². The summed E-state index contributed by atoms with van der Waals surface area (Å²) in [4.78, 5) is 32.6. The number of aromatic nitrogens is 2. The SMILES string of the molecule is C[C@]1(C(=O)O)CC[C@H](CC(=O)N2CCc3c(n(Cc4ccc(Cl)s4)c4ncccc34)C2)CC1. The molecule has 3 aromatic heterocycles. The van der Waals surface area contributed by atoms with Gasteiger partial charge in [0.05, 0.1) is 22.8 Å². The van der Waals surface area contributed by atoms with E-state index in [-0.39, 0.29) is 11.8 Å². The van der Waals surface area contributed by atoms with Gasteiger partial charge in [-0.25, -0.2) is 4.98 Å². The van der Waals surface area contributed by atoms with Crippen LogP contribution in [-0.2, 0) is 29.1 Å². The molecule has 1 aliphatic carbocycles. The molecule has 0 aromatic carbocycles. The summed E-state index contributed by atoms with van der Waals surface area (Å²) >= 11 is 7.73. The number of aliphatic carboxylic acids is 1. The van der Waals surface area contributed by atoms with Crippen LogP contribution in [0.1, 0.15) is 55.2 Å². The van der Waals surface area contributed by atoms with E-state index in [0.717, 1.165) is 39.8 Å². The minimum atomic E-state index is -0.718. The molecule has 1 fully saturated rings. The Hall–Kier alpha value is -2.38. The second-order valence-corrected chi connectivity index (χ2v) is 11.5. The zero-order chi connectivity index (χ0) is 23.2. The fourth-order valence-corrected chi connectivity index (χ4v) is 6.42. The van der Waals surface area contributed by atoms with E-state index in [4.69, 9.17) is 11.6 Å². The van der Waals surface area contributed by atoms with E-state index >= 15 is 0 Å². The molecule has 6 nitrogen and oxygen atoms in total. The van der Waals surface area contributed by atoms with E-state index in [1.807, 2.05) is 36.2 Å². The molecule has 4 heterocycles. The van der Waals surface area contributed by atoms with Gasteiger partial charge in [-0.1, -0.05) is 11.6 Å². The van der Waals surface area contributed by atoms with Gasteiger partial charge in [0.15, 0.2) is 0 Å². The van der Waals surface area contributed by atoms with Gasteiger partial charge in [0.2, 0.25) is 5.91 Å². The van der Waals surface area contributed by atoms with Crippen molar-refractivity contribution in [3.63, 3.8) is 0 Å². The summed E-state index contributed by atoms with van der Waals surface area (Å²) in [7, 11) is 0. The number of carboxylic acid groups (broad SMARTS) is 1. The van der Waals surface area contributed by atoms with Crippen LogP contribution in [0.3, 0.4) is 0 Å². The lowest BCUT2D eigenvalue weighted by Crippen LogP contribution is -2.39. The van der Waals surface area contributed by atoms with Crippen LogP contribution < -0.4 is 0 Å². The zero-order valence-electron chi connectivity index (χ0n) is 18.7. The monoisotopic (exact) mass is 485 g/mol. The number of carboxylic acids is 1. The predicted molar refractivity (Wildman–Crippen MR) is 130 cm³/mol. The fourth-order valence-electron chi connectivity index (χ4n) is 5.34. The van der Waals surface area contributed by atoms with E-state index in [0.29, 0.717) is 38.9 Å². The number of pyridine rings is 1. The van der Waals surface area contributed by atoms with Gasteiger partial charge in [-0.3, -0.25) is 9.59 Å². The summed E-state index contributed by atoms with van der Waals surface area (Å²) in [5, 5.41) is 10.6. The largest absolute Gasteiger partial charge is 0.481 e. The minimum absolute atomic E-state index is 0.175. The molecule has 0 bridgehead atoms. The highest BCUT2D eigenvalue weighted by atomic mass is 35.5. The lowest BCUT2D eigenvalue weighted by Gasteiger charge is -2.35. The molecule has 174 valence electrons. The molecule has 0 spiro atoms. The smallest absolute Gasteiger partial charge is 0.309 e. The first-order valence-corrected chi connectivity index (χ1v) is 12.7. The maximum absolute atomic E-state index is 13.2. The summed E-state index contributed by atoms with van der Waals surface area (Å²) in [6, 6.07) is 8.06. The number of rotatable bonds is 5. The Morgan fingerprint density at radius 3 is 2.76 bits per heavy atom. The van der Waals surface area contributed by atoms with Crippen molar-refractivity contribution in [2.75, 3.05) is 6.54 Å². The molecule has 33 heavy (non-hydrogen) atoms. The molecule has 8 heteroatoms. The maximum Gasteiger partial charge on any atom is 0.309 e. The van der Waals surface area contributed by atoms with Crippen LogP contribution >= 0.6 is 22.9 Å². The molecule has 0 saturated heterocycles. The van der Waals surface area contributed by atoms with Crippen LogP contribution in [-0.4, -0.2) is 38.0 Å². The van der Waals surface area contributed by atoms with Crippen LogP contribution in [0.5, 0.6) is 0 Å². The number of amides is 1. The molecule has 5 rings (SSSR count). The maximum atomic E-state index is 13.2. The number of carbonyl (C=O) groups is 2. The third-order valence-electron chi connectivity index (χ3n) is 7.50. The van der Waals surface area contributed by atoms with Crippen molar-refractivity contribution < 1.29 is 14.7 Å². The first-order chi connectivity index (χ1) is 15.8. The standard InChI is InChI=1S/C25H28ClN3O3S/c1-25(24(31)32)9-6-16(7-10-25)13-22(30)28-12-8-18-19-3-2-11-27-23(19)29(20(18)15-28)14-17-4-5-21(26)33-17/h2-5,11,16H,6-10,12-15H2,1H3,(H,31,32)/t16-,25-. The first kappa shape index (κ1) is 22.4. The second-order valence-electron chi connectivity index (χ2n) is 9.67. The average molecular weight is 486 g/mol. The highest BCUT2D eigenvalue weighted by molar-refractivity contribution is 7.16. The van der Waals surface area contributed by atoms with Crippen LogP contribution in [0.4, 0.5) is 0 Å². The van der Waals surface area contributed by atoms with Gasteiger partial charge < -0.3 is 14.6 Å². The molecule has 2 aliphatic rings. The van der Waals surface area contributed by atoms with Crippen molar-refractivity contribution in [1.29, 1.82) is 0 Å². The molecule has 0 atom stereocenters. The summed E-state index contributed by atoms with van der Waals surface area (Å²) in [6.07, 6.45) is 6.05. The molecular formula is C25H28ClN3O3S. The summed E-state index contributed by atoms with van der Waals surface area (Å²) in [5.74, 6) is -0.273. The Morgan fingerprint density at radius 1 is 1.27 bits per heavy atom. The summed E-state index contributed by atoms with van der Waals surface area (Å²) in [5.41, 5.74) is 2.77. The van der Waals surface area contributed by atoms with Gasteiger partial charge in [0.1, 0.15) is 5.65 Å². The highest BCUT2D eigenvalue weighted by Gasteiger charge is 2.38. The molecule has 3 aromatic rings. The second kappa shape index (κ2) is 8.76. The van der Waals surface area contributed by atoms with E-state index < -0.39 is 11.4 Å². The highest BCUT2D eigenvalue weighted by Crippen LogP contribution is 2.40. The third kappa shape index (κ3) is 4.28. The van der Waals surface area contributed by atoms with Crippen LogP contribution in [0.2, 0.25) is 4.34 Å². The van der Waals surface area contributed by atoms with Gasteiger partial charge >= 0.3 is 5.97 Å². The van der Waals surface area contributed by atoms with E-state index in [9.17, 15) is 14.7 Å². The van der Waals surface area contributed by atoms with E-state index in [1.165, 1.54) is 10.9 Å². The number of halogens is 1. The van der Waals surface area contributed by atoms with Crippen molar-refractivity contribution in [1.82, 2.24) is 14.5 Å². The van der Waals surface area contributed by atoms with E-state index in [1.54, 1.807) is 11.3 Å². The summed E-state index contributed by atoms with van der Waals surface area (Å²) < 4.78 is 3.01. The van der Waals surface area contributed by atoms with Crippen LogP contribution in [0, 0.1) is 11.3 Å². The molecular weight excluding hydrogens is 458 g/mol. The lowest BCUT2D eigenvalue weighted by molar-refractivity contribution is -0.150. The van der Waals surface area contributed by atoms with Crippen molar-refractivity contribution >= 4 is 45.8 Å². The molecule has 0 unspecified atom stereocenters. The van der Waals surface area contributed by atoms with Crippen molar-refractivity contribution in [2.24, 2.45) is 11.3 Å². The third-order valence-corrected chi connectivity index (χ3v) is 8.71. The van der Waals surface area contributed by atoms with Crippen LogP contribution in [0.25, 0.3) is 11.0 Å². The zero-order valence-corrected chi connectivity index (χ0v) is 20.3. The number of hydrogen-bond acceptors (Lipinski definition) is 4. The first-order valence-electron chi connectivity index (χ1n) is 11.5. The fraction of sp³-hybridized carbons (Fsp3) is 0.480. The Labute approximate surface area is 202 Å². The average Bonchev–Trinajstić information content (AvgIpc) is 3.36. The Morgan fingerprint density at radius 2 is 2.06 bits per heavy atom. The van der Waals surface area contributed by atoms with Gasteiger partial charge in [0, 0.05) is 35.1 Å². The quantitative estimate of drug-likeness (QED) is 0.528. The van der Waals surface area contributed by atoms with Gasteiger partial charge in [0.25, 0.3) is 0 Å². The van der Waals surface area contributed by atoms with Crippen LogP contribution in [0.15, 0.2) is 30.5 Å². The number of hydrogen-bond donors (Lipinski definition) is 1.